The van der Waals surface area contributed by atoms with Crippen molar-refractivity contribution in [2.75, 3.05) is 0 Å². The van der Waals surface area contributed by atoms with Gasteiger partial charge < -0.3 is 4.57 Å². The van der Waals surface area contributed by atoms with E-state index in [1.165, 1.54) is 12.1 Å². The molecule has 1 aromatic heterocycles. The summed E-state index contributed by atoms with van der Waals surface area (Å²) in [5, 5.41) is 10.1. The molecule has 0 aliphatic heterocycles. The minimum absolute atomic E-state index is 0.259. The average molecular weight is 329 g/mol. The first-order valence-corrected chi connectivity index (χ1v) is 6.89. The fraction of sp³-hybridized carbons (Fsp3) is 0.0625. The van der Waals surface area contributed by atoms with Gasteiger partial charge >= 0.3 is 0 Å². The molecule has 0 saturated heterocycles. The molecule has 0 atom stereocenters. The second-order valence-electron chi connectivity index (χ2n) is 4.56. The van der Waals surface area contributed by atoms with Gasteiger partial charge in [-0.3, -0.25) is 0 Å². The molecule has 20 heavy (non-hydrogen) atoms. The molecule has 0 fully saturated rings. The van der Waals surface area contributed by atoms with Crippen molar-refractivity contribution in [2.45, 2.75) is 6.54 Å². The number of rotatable bonds is 2. The quantitative estimate of drug-likeness (QED) is 0.682. The van der Waals surface area contributed by atoms with Crippen LogP contribution < -0.4 is 0 Å². The second-order valence-corrected chi connectivity index (χ2v) is 5.42. The summed E-state index contributed by atoms with van der Waals surface area (Å²) in [4.78, 5) is 0. The summed E-state index contributed by atoms with van der Waals surface area (Å²) in [6.45, 7) is 0.624. The van der Waals surface area contributed by atoms with Crippen molar-refractivity contribution in [1.29, 1.82) is 5.26 Å². The highest BCUT2D eigenvalue weighted by atomic mass is 79.9. The average Bonchev–Trinajstić information content (AvgIpc) is 2.84. The van der Waals surface area contributed by atoms with E-state index in [1.807, 2.05) is 29.0 Å². The van der Waals surface area contributed by atoms with Gasteiger partial charge in [-0.2, -0.15) is 5.26 Å². The van der Waals surface area contributed by atoms with Crippen LogP contribution in [0.3, 0.4) is 0 Å². The van der Waals surface area contributed by atoms with E-state index in [9.17, 15) is 4.39 Å². The molecule has 3 aromatic rings. The standard InChI is InChI=1S/C16H10BrFN2/c17-15-8-14(18)4-3-13(15)10-20-6-5-12-2-1-11(9-19)7-16(12)20/h1-8H,10H2. The molecule has 98 valence electrons. The summed E-state index contributed by atoms with van der Waals surface area (Å²) in [7, 11) is 0. The molecule has 2 aromatic carbocycles. The van der Waals surface area contributed by atoms with Crippen molar-refractivity contribution >= 4 is 26.8 Å². The molecule has 2 nitrogen and oxygen atoms in total. The molecule has 4 heteroatoms. The SMILES string of the molecule is N#Cc1ccc2ccn(Cc3ccc(F)cc3Br)c2c1. The lowest BCUT2D eigenvalue weighted by Crippen LogP contribution is -1.99. The lowest BCUT2D eigenvalue weighted by atomic mass is 10.2. The van der Waals surface area contributed by atoms with Gasteiger partial charge in [0.2, 0.25) is 0 Å². The van der Waals surface area contributed by atoms with Crippen molar-refractivity contribution < 1.29 is 4.39 Å². The van der Waals surface area contributed by atoms with E-state index >= 15 is 0 Å². The highest BCUT2D eigenvalue weighted by molar-refractivity contribution is 9.10. The van der Waals surface area contributed by atoms with Gasteiger partial charge in [0.15, 0.2) is 0 Å². The van der Waals surface area contributed by atoms with Crippen LogP contribution in [0.4, 0.5) is 4.39 Å². The maximum atomic E-state index is 13.1. The molecule has 0 aliphatic rings. The molecule has 0 saturated carbocycles. The maximum absolute atomic E-state index is 13.1. The van der Waals surface area contributed by atoms with Crippen LogP contribution in [0.2, 0.25) is 0 Å². The Morgan fingerprint density at radius 2 is 2.00 bits per heavy atom. The van der Waals surface area contributed by atoms with Crippen LogP contribution in [0.15, 0.2) is 53.1 Å². The van der Waals surface area contributed by atoms with E-state index in [1.54, 1.807) is 12.1 Å². The van der Waals surface area contributed by atoms with Gasteiger partial charge in [0.05, 0.1) is 11.6 Å². The van der Waals surface area contributed by atoms with Crippen molar-refractivity contribution in [3.05, 3.63) is 70.1 Å². The van der Waals surface area contributed by atoms with Crippen LogP contribution in [0.25, 0.3) is 10.9 Å². The van der Waals surface area contributed by atoms with E-state index < -0.39 is 0 Å². The number of fused-ring (bicyclic) bond motifs is 1. The molecule has 1 heterocycles. The number of nitriles is 1. The predicted molar refractivity (Wildman–Crippen MR) is 79.9 cm³/mol. The van der Waals surface area contributed by atoms with Gasteiger partial charge in [-0.15, -0.1) is 0 Å². The second kappa shape index (κ2) is 5.10. The van der Waals surface area contributed by atoms with Crippen molar-refractivity contribution in [1.82, 2.24) is 4.57 Å². The number of hydrogen-bond acceptors (Lipinski definition) is 1. The first-order valence-electron chi connectivity index (χ1n) is 6.10. The Hall–Kier alpha value is -2.12. The zero-order chi connectivity index (χ0) is 14.1. The highest BCUT2D eigenvalue weighted by Gasteiger charge is 2.06. The van der Waals surface area contributed by atoms with Crippen LogP contribution in [0.5, 0.6) is 0 Å². The molecule has 0 bridgehead atoms. The summed E-state index contributed by atoms with van der Waals surface area (Å²) in [6.07, 6.45) is 1.97. The summed E-state index contributed by atoms with van der Waals surface area (Å²) >= 11 is 3.38. The van der Waals surface area contributed by atoms with Crippen LogP contribution in [0.1, 0.15) is 11.1 Å². The Labute approximate surface area is 124 Å². The zero-order valence-electron chi connectivity index (χ0n) is 10.5. The Kier molecular flexibility index (Phi) is 3.29. The number of halogens is 2. The van der Waals surface area contributed by atoms with Gasteiger partial charge in [-0.25, -0.2) is 4.39 Å². The highest BCUT2D eigenvalue weighted by Crippen LogP contribution is 2.23. The summed E-state index contributed by atoms with van der Waals surface area (Å²) in [6, 6.07) is 14.4. The predicted octanol–water partition coefficient (Wildman–Crippen LogP) is 4.46. The molecule has 0 N–H and O–H groups in total. The molecule has 0 spiro atoms. The third-order valence-corrected chi connectivity index (χ3v) is 4.00. The lowest BCUT2D eigenvalue weighted by molar-refractivity contribution is 0.625. The Bertz CT molecular complexity index is 830. The monoisotopic (exact) mass is 328 g/mol. The lowest BCUT2D eigenvalue weighted by Gasteiger charge is -2.08. The van der Waals surface area contributed by atoms with Crippen LogP contribution in [0, 0.1) is 17.1 Å². The first kappa shape index (κ1) is 12.9. The smallest absolute Gasteiger partial charge is 0.124 e. The fourth-order valence-electron chi connectivity index (χ4n) is 2.22. The molecule has 3 rings (SSSR count). The minimum Gasteiger partial charge on any atom is -0.343 e. The topological polar surface area (TPSA) is 28.7 Å². The largest absolute Gasteiger partial charge is 0.343 e. The van der Waals surface area contributed by atoms with E-state index in [4.69, 9.17) is 5.26 Å². The first-order chi connectivity index (χ1) is 9.67. The summed E-state index contributed by atoms with van der Waals surface area (Å²) < 4.78 is 15.9. The van der Waals surface area contributed by atoms with Crippen LogP contribution >= 0.6 is 15.9 Å². The fourth-order valence-corrected chi connectivity index (χ4v) is 2.70. The minimum atomic E-state index is -0.259. The normalized spacial score (nSPS) is 10.7. The van der Waals surface area contributed by atoms with Gasteiger partial charge in [-0.05, 0) is 41.3 Å². The molecule has 0 amide bonds. The Morgan fingerprint density at radius 3 is 2.75 bits per heavy atom. The van der Waals surface area contributed by atoms with Crippen LogP contribution in [-0.2, 0) is 6.54 Å². The summed E-state index contributed by atoms with van der Waals surface area (Å²) in [5.74, 6) is -0.259. The van der Waals surface area contributed by atoms with Crippen molar-refractivity contribution in [3.8, 4) is 6.07 Å². The van der Waals surface area contributed by atoms with Gasteiger partial charge in [0, 0.05) is 22.7 Å². The van der Waals surface area contributed by atoms with Gasteiger partial charge in [-0.1, -0.05) is 28.1 Å². The van der Waals surface area contributed by atoms with Crippen molar-refractivity contribution in [3.63, 3.8) is 0 Å². The number of nitrogens with zero attached hydrogens (tertiary/aromatic N) is 2. The van der Waals surface area contributed by atoms with Gasteiger partial charge in [0.1, 0.15) is 5.82 Å². The number of hydrogen-bond donors (Lipinski definition) is 0. The van der Waals surface area contributed by atoms with E-state index in [0.717, 1.165) is 20.9 Å². The maximum Gasteiger partial charge on any atom is 0.124 e. The van der Waals surface area contributed by atoms with E-state index in [0.29, 0.717) is 12.1 Å². The third-order valence-electron chi connectivity index (χ3n) is 3.26. The Morgan fingerprint density at radius 1 is 1.15 bits per heavy atom. The van der Waals surface area contributed by atoms with E-state index in [-0.39, 0.29) is 5.82 Å². The van der Waals surface area contributed by atoms with Gasteiger partial charge in [0.25, 0.3) is 0 Å². The summed E-state index contributed by atoms with van der Waals surface area (Å²) in [5.41, 5.74) is 2.63. The molecule has 0 radical (unpaired) electrons. The van der Waals surface area contributed by atoms with E-state index in [2.05, 4.69) is 22.0 Å². The number of aromatic nitrogens is 1. The number of benzene rings is 2. The molecular formula is C16H10BrFN2. The molecule has 0 aliphatic carbocycles. The molecule has 0 unspecified atom stereocenters. The third kappa shape index (κ3) is 2.33. The Balaban J connectivity index is 2.04. The van der Waals surface area contributed by atoms with Crippen molar-refractivity contribution in [2.24, 2.45) is 0 Å². The zero-order valence-corrected chi connectivity index (χ0v) is 12.1. The van der Waals surface area contributed by atoms with Crippen LogP contribution in [-0.4, -0.2) is 4.57 Å². The molecular weight excluding hydrogens is 319 g/mol.